The Kier molecular flexibility index (Phi) is 29.5. The van der Waals surface area contributed by atoms with Crippen LogP contribution in [0.25, 0.3) is 0 Å². The summed E-state index contributed by atoms with van der Waals surface area (Å²) >= 11 is 0. The van der Waals surface area contributed by atoms with E-state index in [1.165, 1.54) is 12.5 Å². The summed E-state index contributed by atoms with van der Waals surface area (Å²) in [6.45, 7) is 4.07. The van der Waals surface area contributed by atoms with E-state index < -0.39 is 188 Å². The van der Waals surface area contributed by atoms with Crippen molar-refractivity contribution in [1.29, 1.82) is 0 Å². The molecule has 13 amide bonds. The van der Waals surface area contributed by atoms with Gasteiger partial charge in [-0.2, -0.15) is 0 Å². The lowest BCUT2D eigenvalue weighted by atomic mass is 10.0. The molecule has 1 aliphatic heterocycles. The zero-order valence-electron chi connectivity index (χ0n) is 46.0. The second kappa shape index (κ2) is 34.7. The van der Waals surface area contributed by atoms with Crippen LogP contribution in [0.3, 0.4) is 0 Å². The first-order chi connectivity index (χ1) is 38.5. The summed E-state index contributed by atoms with van der Waals surface area (Å²) in [4.78, 5) is 189. The van der Waals surface area contributed by atoms with Gasteiger partial charge < -0.3 is 102 Å². The number of unbranched alkanes of at least 4 members (excludes halogenated alkanes) is 1. The fourth-order valence-electron chi connectivity index (χ4n) is 8.14. The minimum atomic E-state index is -1.91. The molecule has 0 bridgehead atoms. The molecule has 1 aliphatic rings. The van der Waals surface area contributed by atoms with Crippen molar-refractivity contribution in [2.24, 2.45) is 34.6 Å². The van der Waals surface area contributed by atoms with Crippen LogP contribution in [0.1, 0.15) is 97.6 Å². The number of amides is 13. The number of aromatic nitrogens is 2. The first-order valence-electron chi connectivity index (χ1n) is 26.3. The van der Waals surface area contributed by atoms with E-state index in [4.69, 9.17) is 28.7 Å². The average Bonchev–Trinajstić information content (AvgIpc) is 4.14. The summed E-state index contributed by atoms with van der Waals surface area (Å²) in [6.07, 6.45) is -1.99. The van der Waals surface area contributed by atoms with E-state index in [9.17, 15) is 82.4 Å². The van der Waals surface area contributed by atoms with Gasteiger partial charge in [-0.1, -0.05) is 13.8 Å². The monoisotopic (exact) mass is 1170 g/mol. The first kappa shape index (κ1) is 69.7. The number of nitrogens with two attached hydrogens (primary N) is 5. The van der Waals surface area contributed by atoms with Crippen molar-refractivity contribution in [1.82, 2.24) is 62.7 Å². The van der Waals surface area contributed by atoms with E-state index >= 15 is 0 Å². The first-order valence-corrected chi connectivity index (χ1v) is 26.3. The molecule has 2 heterocycles. The summed E-state index contributed by atoms with van der Waals surface area (Å²) in [7, 11) is 0. The molecule has 34 heteroatoms. The normalized spacial score (nSPS) is 16.6. The Morgan fingerprint density at radius 1 is 0.634 bits per heavy atom. The van der Waals surface area contributed by atoms with Crippen LogP contribution in [0.4, 0.5) is 0 Å². The van der Waals surface area contributed by atoms with Crippen molar-refractivity contribution in [3.8, 4) is 0 Å². The lowest BCUT2D eigenvalue weighted by molar-refractivity contribution is -0.144. The molecule has 82 heavy (non-hydrogen) atoms. The van der Waals surface area contributed by atoms with Crippen LogP contribution in [0, 0.1) is 5.92 Å². The minimum absolute atomic E-state index is 0.00643. The van der Waals surface area contributed by atoms with Crippen LogP contribution in [0.15, 0.2) is 12.5 Å². The third-order valence-corrected chi connectivity index (χ3v) is 12.6. The van der Waals surface area contributed by atoms with Gasteiger partial charge in [-0.25, -0.2) is 9.78 Å². The van der Waals surface area contributed by atoms with Crippen molar-refractivity contribution in [3.63, 3.8) is 0 Å². The van der Waals surface area contributed by atoms with Crippen LogP contribution in [-0.2, 0) is 73.5 Å². The number of primary amides is 3. The Morgan fingerprint density at radius 2 is 1.17 bits per heavy atom. The number of likely N-dealkylation sites (tertiary alicyclic amines) is 1. The predicted molar refractivity (Wildman–Crippen MR) is 284 cm³/mol. The molecule has 0 spiro atoms. The molecule has 23 N–H and O–H groups in total. The zero-order chi connectivity index (χ0) is 62.0. The van der Waals surface area contributed by atoms with Crippen molar-refractivity contribution in [2.45, 2.75) is 165 Å². The Hall–Kier alpha value is -8.37. The number of H-pyrrole nitrogens is 1. The van der Waals surface area contributed by atoms with Gasteiger partial charge in [0.2, 0.25) is 76.8 Å². The molecule has 0 aliphatic carbocycles. The largest absolute Gasteiger partial charge is 0.480 e. The molecule has 11 atom stereocenters. The number of nitrogens with one attached hydrogen (secondary N) is 10. The van der Waals surface area contributed by atoms with Gasteiger partial charge >= 0.3 is 5.97 Å². The fourth-order valence-corrected chi connectivity index (χ4v) is 8.14. The number of hydrogen-bond acceptors (Lipinski definition) is 19. The highest BCUT2D eigenvalue weighted by molar-refractivity contribution is 6.00. The van der Waals surface area contributed by atoms with Crippen LogP contribution in [-0.4, -0.2) is 206 Å². The van der Waals surface area contributed by atoms with E-state index in [0.717, 1.165) is 18.7 Å². The molecule has 1 fully saturated rings. The molecule has 1 aromatic heterocycles. The second-order valence-electron chi connectivity index (χ2n) is 19.9. The lowest BCUT2D eigenvalue weighted by Gasteiger charge is -2.33. The van der Waals surface area contributed by atoms with Gasteiger partial charge in [0.1, 0.15) is 48.3 Å². The maximum Gasteiger partial charge on any atom is 0.326 e. The third-order valence-electron chi connectivity index (χ3n) is 12.6. The van der Waals surface area contributed by atoms with Crippen LogP contribution >= 0.6 is 0 Å². The van der Waals surface area contributed by atoms with Crippen molar-refractivity contribution in [3.05, 3.63) is 18.2 Å². The molecular weight excluding hydrogens is 1090 g/mol. The highest BCUT2D eigenvalue weighted by Gasteiger charge is 2.42. The van der Waals surface area contributed by atoms with Crippen molar-refractivity contribution < 1.29 is 82.4 Å². The van der Waals surface area contributed by atoms with E-state index in [1.807, 2.05) is 0 Å². The summed E-state index contributed by atoms with van der Waals surface area (Å²) in [6, 6.07) is -13.9. The number of carbonyl (C=O) groups is 14. The SMILES string of the molecule is CC(C)[C@H](NC(=O)[C@@H](NC(=O)[C@H](CCC(N)=O)NC(=O)[C@@H](N)Cc1cnc[nH]1)[C@@H](C)O)C(=O)N1CCC[C@H]1C(=O)N[C@@H](CCC(N)=O)C(=O)N[C@@H](CC(N)=O)C(=O)N[C@H](C(=O)NCC(=O)NCC(=O)N[C@@H](CCCCN)C(=O)O)[C@@H](C)O. The standard InChI is InChI=1S/C48H79N17O17/c1-22(2)37(62-46(79)39(24(4)67)64-42(75)28(11-13-33(52)69)59-40(73)26(50)16-25-18-54-21-57-25)47(80)65-15-7-9-31(65)44(77)60-27(10-12-32(51)68)41(74)61-30(17-34(53)70)43(76)63-38(23(3)66)45(78)56-19-35(71)55-20-36(72)58-29(48(81)82)8-5-6-14-49/h18,21-24,26-31,37-39,66-67H,5-17,19-20,49-50H2,1-4H3,(H2,51,68)(H2,52,69)(H2,53,70)(H,54,57)(H,55,71)(H,56,78)(H,58,72)(H,59,73)(H,60,77)(H,61,74)(H,62,79)(H,63,76)(H,64,75)(H,81,82)/t23-,24-,26+,27+,28+,29+,30+,31+,37+,38+,39+/m1/s1. The summed E-state index contributed by atoms with van der Waals surface area (Å²) in [5.41, 5.74) is 28.0. The smallest absolute Gasteiger partial charge is 0.326 e. The summed E-state index contributed by atoms with van der Waals surface area (Å²) in [5.74, 6) is -15.1. The number of aliphatic carboxylic acids is 1. The van der Waals surface area contributed by atoms with Gasteiger partial charge in [-0.05, 0) is 71.3 Å². The second-order valence-corrected chi connectivity index (χ2v) is 19.9. The maximum atomic E-state index is 14.3. The molecule has 0 unspecified atom stereocenters. The number of carboxylic acid groups (broad SMARTS) is 1. The molecule has 0 saturated carbocycles. The minimum Gasteiger partial charge on any atom is -0.480 e. The highest BCUT2D eigenvalue weighted by atomic mass is 16.4. The average molecular weight is 1170 g/mol. The van der Waals surface area contributed by atoms with Gasteiger partial charge in [-0.15, -0.1) is 0 Å². The number of carbonyl (C=O) groups excluding carboxylic acids is 13. The van der Waals surface area contributed by atoms with Crippen LogP contribution < -0.4 is 76.5 Å². The Labute approximate surface area is 470 Å². The number of aliphatic hydroxyl groups is 2. The Morgan fingerprint density at radius 3 is 1.70 bits per heavy atom. The number of nitrogens with zero attached hydrogens (tertiary/aromatic N) is 2. The number of aromatic amines is 1. The predicted octanol–water partition coefficient (Wildman–Crippen LogP) is -9.07. The molecule has 2 rings (SSSR count). The number of carboxylic acids is 1. The number of aliphatic hydroxyl groups excluding tert-OH is 2. The molecule has 0 aromatic carbocycles. The molecule has 1 saturated heterocycles. The van der Waals surface area contributed by atoms with Gasteiger partial charge in [0, 0.05) is 37.7 Å². The number of hydrogen-bond donors (Lipinski definition) is 18. The summed E-state index contributed by atoms with van der Waals surface area (Å²) < 4.78 is 0. The number of rotatable bonds is 37. The van der Waals surface area contributed by atoms with Gasteiger partial charge in [0.05, 0.1) is 44.1 Å². The molecule has 0 radical (unpaired) electrons. The Bertz CT molecular complexity index is 2420. The van der Waals surface area contributed by atoms with Crippen LogP contribution in [0.5, 0.6) is 0 Å². The van der Waals surface area contributed by atoms with Crippen LogP contribution in [0.2, 0.25) is 0 Å². The fraction of sp³-hybridized carbons (Fsp3) is 0.646. The van der Waals surface area contributed by atoms with E-state index in [1.54, 1.807) is 13.8 Å². The van der Waals surface area contributed by atoms with E-state index in [-0.39, 0.29) is 45.1 Å². The summed E-state index contributed by atoms with van der Waals surface area (Å²) in [5, 5.41) is 51.1. The van der Waals surface area contributed by atoms with Gasteiger partial charge in [-0.3, -0.25) is 62.3 Å². The quantitative estimate of drug-likeness (QED) is 0.0275. The van der Waals surface area contributed by atoms with Gasteiger partial charge in [0.25, 0.3) is 0 Å². The van der Waals surface area contributed by atoms with Crippen molar-refractivity contribution >= 4 is 82.8 Å². The third kappa shape index (κ3) is 24.2. The molecule has 1 aromatic rings. The maximum absolute atomic E-state index is 14.3. The molecule has 34 nitrogen and oxygen atoms in total. The van der Waals surface area contributed by atoms with E-state index in [2.05, 4.69) is 57.8 Å². The molecular formula is C48H79N17O17. The van der Waals surface area contributed by atoms with E-state index in [0.29, 0.717) is 25.1 Å². The van der Waals surface area contributed by atoms with Gasteiger partial charge in [0.15, 0.2) is 0 Å². The highest BCUT2D eigenvalue weighted by Crippen LogP contribution is 2.21. The van der Waals surface area contributed by atoms with Crippen molar-refractivity contribution in [2.75, 3.05) is 26.2 Å². The zero-order valence-corrected chi connectivity index (χ0v) is 46.0. The topological polar surface area (TPSA) is 570 Å². The molecule has 458 valence electrons. The number of imidazole rings is 1. The Balaban J connectivity index is 2.23. The lowest BCUT2D eigenvalue weighted by Crippen LogP contribution is -2.62.